The number of hydrogen-bond donors (Lipinski definition) is 2. The van der Waals surface area contributed by atoms with E-state index >= 15 is 0 Å². The Bertz CT molecular complexity index is 284. The van der Waals surface area contributed by atoms with Crippen molar-refractivity contribution in [1.29, 1.82) is 0 Å². The lowest BCUT2D eigenvalue weighted by Crippen LogP contribution is -2.01. The monoisotopic (exact) mass is 200 g/mol. The van der Waals surface area contributed by atoms with E-state index < -0.39 is 0 Å². The molecule has 0 aromatic heterocycles. The second kappa shape index (κ2) is 4.49. The van der Waals surface area contributed by atoms with Crippen molar-refractivity contribution in [3.05, 3.63) is 28.8 Å². The van der Waals surface area contributed by atoms with E-state index in [1.54, 1.807) is 19.1 Å². The summed E-state index contributed by atoms with van der Waals surface area (Å²) in [6.07, 6.45) is 0.977. The number of rotatable bonds is 3. The first kappa shape index (κ1) is 10.4. The predicted molar refractivity (Wildman–Crippen MR) is 53.1 cm³/mol. The van der Waals surface area contributed by atoms with E-state index in [0.717, 1.165) is 5.56 Å². The molecular weight excluding hydrogens is 188 g/mol. The van der Waals surface area contributed by atoms with E-state index in [9.17, 15) is 5.11 Å². The molecule has 0 radical (unpaired) electrons. The Balaban J connectivity index is 2.67. The van der Waals surface area contributed by atoms with Gasteiger partial charge in [-0.05, 0) is 37.5 Å². The molecular formula is C10H13ClO2. The summed E-state index contributed by atoms with van der Waals surface area (Å²) >= 11 is 5.67. The third-order valence-corrected chi connectivity index (χ3v) is 2.11. The van der Waals surface area contributed by atoms with E-state index in [0.29, 0.717) is 17.9 Å². The van der Waals surface area contributed by atoms with Crippen molar-refractivity contribution in [1.82, 2.24) is 0 Å². The number of aliphatic hydroxyl groups is 1. The average molecular weight is 201 g/mol. The molecule has 1 aromatic carbocycles. The first-order valence-corrected chi connectivity index (χ1v) is 4.63. The van der Waals surface area contributed by atoms with Crippen molar-refractivity contribution in [2.75, 3.05) is 0 Å². The lowest BCUT2D eigenvalue weighted by molar-refractivity contribution is 0.184. The first-order chi connectivity index (χ1) is 6.09. The van der Waals surface area contributed by atoms with Crippen LogP contribution in [0.4, 0.5) is 0 Å². The molecule has 0 saturated carbocycles. The Morgan fingerprint density at radius 3 is 2.69 bits per heavy atom. The van der Waals surface area contributed by atoms with Crippen LogP contribution in [0.15, 0.2) is 18.2 Å². The minimum atomic E-state index is -0.338. The number of aryl methyl sites for hydroxylation is 1. The Hall–Kier alpha value is -0.730. The highest BCUT2D eigenvalue weighted by atomic mass is 35.5. The SMILES string of the molecule is C[C@H](O)CCc1ccc(Cl)cc1O. The zero-order valence-corrected chi connectivity index (χ0v) is 8.25. The molecule has 0 heterocycles. The highest BCUT2D eigenvalue weighted by Gasteiger charge is 2.03. The van der Waals surface area contributed by atoms with Gasteiger partial charge in [0.1, 0.15) is 5.75 Å². The molecule has 2 nitrogen and oxygen atoms in total. The molecule has 0 aliphatic heterocycles. The van der Waals surface area contributed by atoms with E-state index in [1.807, 2.05) is 0 Å². The summed E-state index contributed by atoms with van der Waals surface area (Å²) in [4.78, 5) is 0. The van der Waals surface area contributed by atoms with Crippen molar-refractivity contribution >= 4 is 11.6 Å². The summed E-state index contributed by atoms with van der Waals surface area (Å²) in [7, 11) is 0. The van der Waals surface area contributed by atoms with Crippen molar-refractivity contribution in [3.63, 3.8) is 0 Å². The molecule has 0 aliphatic rings. The molecule has 0 unspecified atom stereocenters. The quantitative estimate of drug-likeness (QED) is 0.787. The number of aliphatic hydroxyl groups excluding tert-OH is 1. The summed E-state index contributed by atoms with van der Waals surface area (Å²) in [6, 6.07) is 5.03. The van der Waals surface area contributed by atoms with E-state index in [-0.39, 0.29) is 11.9 Å². The number of hydrogen-bond acceptors (Lipinski definition) is 2. The number of aromatic hydroxyl groups is 1. The fourth-order valence-corrected chi connectivity index (χ4v) is 1.28. The molecule has 13 heavy (non-hydrogen) atoms. The normalized spacial score (nSPS) is 12.8. The third kappa shape index (κ3) is 3.25. The molecule has 0 amide bonds. The number of benzene rings is 1. The minimum absolute atomic E-state index is 0.202. The number of halogens is 1. The van der Waals surface area contributed by atoms with E-state index in [4.69, 9.17) is 16.7 Å². The molecule has 3 heteroatoms. The minimum Gasteiger partial charge on any atom is -0.508 e. The van der Waals surface area contributed by atoms with Crippen LogP contribution in [-0.4, -0.2) is 16.3 Å². The van der Waals surface area contributed by atoms with Gasteiger partial charge in [-0.15, -0.1) is 0 Å². The summed E-state index contributed by atoms with van der Waals surface area (Å²) in [5.41, 5.74) is 0.824. The van der Waals surface area contributed by atoms with Gasteiger partial charge in [0.25, 0.3) is 0 Å². The first-order valence-electron chi connectivity index (χ1n) is 4.25. The fraction of sp³-hybridized carbons (Fsp3) is 0.400. The molecule has 0 fully saturated rings. The Labute approximate surface area is 82.8 Å². The van der Waals surface area contributed by atoms with Crippen molar-refractivity contribution in [3.8, 4) is 5.75 Å². The van der Waals surface area contributed by atoms with Crippen LogP contribution < -0.4 is 0 Å². The van der Waals surface area contributed by atoms with Crippen molar-refractivity contribution < 1.29 is 10.2 Å². The van der Waals surface area contributed by atoms with Crippen LogP contribution in [0.2, 0.25) is 5.02 Å². The maximum Gasteiger partial charge on any atom is 0.120 e. The second-order valence-corrected chi connectivity index (χ2v) is 3.60. The van der Waals surface area contributed by atoms with E-state index in [1.165, 1.54) is 6.07 Å². The maximum atomic E-state index is 9.44. The van der Waals surface area contributed by atoms with Crippen LogP contribution in [0.1, 0.15) is 18.9 Å². The largest absolute Gasteiger partial charge is 0.508 e. The van der Waals surface area contributed by atoms with Crippen LogP contribution in [0, 0.1) is 0 Å². The molecule has 0 bridgehead atoms. The number of phenolic OH excluding ortho intramolecular Hbond substituents is 1. The highest BCUT2D eigenvalue weighted by Crippen LogP contribution is 2.23. The summed E-state index contributed by atoms with van der Waals surface area (Å²) < 4.78 is 0. The summed E-state index contributed by atoms with van der Waals surface area (Å²) in [5.74, 6) is 0.202. The van der Waals surface area contributed by atoms with Gasteiger partial charge in [0, 0.05) is 5.02 Å². The molecule has 0 aliphatic carbocycles. The zero-order valence-electron chi connectivity index (χ0n) is 7.50. The van der Waals surface area contributed by atoms with Gasteiger partial charge < -0.3 is 10.2 Å². The van der Waals surface area contributed by atoms with Gasteiger partial charge in [0.05, 0.1) is 6.10 Å². The molecule has 2 N–H and O–H groups in total. The summed E-state index contributed by atoms with van der Waals surface area (Å²) in [5, 5.41) is 19.0. The van der Waals surface area contributed by atoms with Crippen LogP contribution in [-0.2, 0) is 6.42 Å². The molecule has 1 atom stereocenters. The molecule has 72 valence electrons. The zero-order chi connectivity index (χ0) is 9.84. The highest BCUT2D eigenvalue weighted by molar-refractivity contribution is 6.30. The maximum absolute atomic E-state index is 9.44. The van der Waals surface area contributed by atoms with Crippen LogP contribution >= 0.6 is 11.6 Å². The van der Waals surface area contributed by atoms with Gasteiger partial charge in [-0.2, -0.15) is 0 Å². The molecule has 0 saturated heterocycles. The van der Waals surface area contributed by atoms with Crippen LogP contribution in [0.25, 0.3) is 0 Å². The second-order valence-electron chi connectivity index (χ2n) is 3.16. The molecule has 1 rings (SSSR count). The van der Waals surface area contributed by atoms with Gasteiger partial charge in [-0.25, -0.2) is 0 Å². The Morgan fingerprint density at radius 1 is 1.46 bits per heavy atom. The average Bonchev–Trinajstić information content (AvgIpc) is 2.02. The Morgan fingerprint density at radius 2 is 2.15 bits per heavy atom. The molecule has 1 aromatic rings. The van der Waals surface area contributed by atoms with Crippen molar-refractivity contribution in [2.45, 2.75) is 25.9 Å². The summed E-state index contributed by atoms with van der Waals surface area (Å²) in [6.45, 7) is 1.73. The van der Waals surface area contributed by atoms with Gasteiger partial charge in [-0.3, -0.25) is 0 Å². The van der Waals surface area contributed by atoms with Gasteiger partial charge in [-0.1, -0.05) is 17.7 Å². The predicted octanol–water partition coefficient (Wildman–Crippen LogP) is 2.36. The lowest BCUT2D eigenvalue weighted by Gasteiger charge is -2.06. The standard InChI is InChI=1S/C10H13ClO2/c1-7(12)2-3-8-4-5-9(11)6-10(8)13/h4-7,12-13H,2-3H2,1H3/t7-/m0/s1. The van der Waals surface area contributed by atoms with Gasteiger partial charge >= 0.3 is 0 Å². The van der Waals surface area contributed by atoms with Crippen LogP contribution in [0.3, 0.4) is 0 Å². The van der Waals surface area contributed by atoms with E-state index in [2.05, 4.69) is 0 Å². The van der Waals surface area contributed by atoms with Gasteiger partial charge in [0.15, 0.2) is 0 Å². The fourth-order valence-electron chi connectivity index (χ4n) is 1.11. The number of phenols is 1. The Kier molecular flexibility index (Phi) is 3.58. The third-order valence-electron chi connectivity index (χ3n) is 1.88. The topological polar surface area (TPSA) is 40.5 Å². The lowest BCUT2D eigenvalue weighted by atomic mass is 10.1. The smallest absolute Gasteiger partial charge is 0.120 e. The van der Waals surface area contributed by atoms with Crippen molar-refractivity contribution in [2.24, 2.45) is 0 Å². The molecule has 0 spiro atoms. The van der Waals surface area contributed by atoms with Gasteiger partial charge in [0.2, 0.25) is 0 Å². The van der Waals surface area contributed by atoms with Crippen LogP contribution in [0.5, 0.6) is 5.75 Å².